The third kappa shape index (κ3) is 3.04. The number of aliphatic hydroxyl groups is 2. The molecule has 0 aromatic heterocycles. The van der Waals surface area contributed by atoms with E-state index in [9.17, 15) is 10.2 Å². The first-order chi connectivity index (χ1) is 7.60. The SMILES string of the molecule is COc1ccc(N)cc1C(O)C(O)CCS. The Labute approximate surface area is 100 Å². The Balaban J connectivity index is 2.96. The molecule has 0 fully saturated rings. The number of hydrogen-bond donors (Lipinski definition) is 4. The van der Waals surface area contributed by atoms with Crippen LogP contribution in [0.1, 0.15) is 18.1 Å². The molecule has 4 nitrogen and oxygen atoms in total. The van der Waals surface area contributed by atoms with Crippen LogP contribution in [0, 0.1) is 0 Å². The summed E-state index contributed by atoms with van der Waals surface area (Å²) >= 11 is 4.01. The van der Waals surface area contributed by atoms with Crippen LogP contribution in [0.3, 0.4) is 0 Å². The van der Waals surface area contributed by atoms with Crippen molar-refractivity contribution in [2.75, 3.05) is 18.6 Å². The molecule has 0 aliphatic carbocycles. The zero-order valence-electron chi connectivity index (χ0n) is 9.13. The van der Waals surface area contributed by atoms with Gasteiger partial charge in [0.1, 0.15) is 11.9 Å². The Hall–Kier alpha value is -0.910. The van der Waals surface area contributed by atoms with Gasteiger partial charge in [0.05, 0.1) is 13.2 Å². The fourth-order valence-corrected chi connectivity index (χ4v) is 1.75. The van der Waals surface area contributed by atoms with Gasteiger partial charge in [-0.15, -0.1) is 0 Å². The Bertz CT molecular complexity index is 346. The van der Waals surface area contributed by atoms with E-state index in [1.807, 2.05) is 0 Å². The Morgan fingerprint density at radius 2 is 2.12 bits per heavy atom. The van der Waals surface area contributed by atoms with E-state index in [0.29, 0.717) is 29.2 Å². The summed E-state index contributed by atoms with van der Waals surface area (Å²) in [7, 11) is 1.51. The maximum atomic E-state index is 9.94. The molecular formula is C11H17NO3S. The van der Waals surface area contributed by atoms with E-state index in [4.69, 9.17) is 10.5 Å². The average molecular weight is 243 g/mol. The van der Waals surface area contributed by atoms with Crippen LogP contribution in [0.15, 0.2) is 18.2 Å². The van der Waals surface area contributed by atoms with E-state index in [1.54, 1.807) is 18.2 Å². The van der Waals surface area contributed by atoms with Crippen LogP contribution >= 0.6 is 12.6 Å². The van der Waals surface area contributed by atoms with Crippen LogP contribution in [0.5, 0.6) is 5.75 Å². The van der Waals surface area contributed by atoms with Crippen molar-refractivity contribution in [3.8, 4) is 5.75 Å². The molecule has 0 saturated heterocycles. The van der Waals surface area contributed by atoms with Crippen molar-refractivity contribution < 1.29 is 14.9 Å². The number of methoxy groups -OCH3 is 1. The number of rotatable bonds is 5. The van der Waals surface area contributed by atoms with Crippen molar-refractivity contribution in [3.63, 3.8) is 0 Å². The molecule has 0 radical (unpaired) electrons. The van der Waals surface area contributed by atoms with Gasteiger partial charge in [0.25, 0.3) is 0 Å². The monoisotopic (exact) mass is 243 g/mol. The highest BCUT2D eigenvalue weighted by molar-refractivity contribution is 7.80. The molecule has 2 unspecified atom stereocenters. The average Bonchev–Trinajstić information content (AvgIpc) is 2.28. The molecule has 1 rings (SSSR count). The molecule has 0 aliphatic rings. The predicted octanol–water partition coefficient (Wildman–Crippen LogP) is 0.992. The summed E-state index contributed by atoms with van der Waals surface area (Å²) < 4.78 is 5.10. The van der Waals surface area contributed by atoms with Gasteiger partial charge in [0.15, 0.2) is 0 Å². The molecule has 0 aliphatic heterocycles. The zero-order chi connectivity index (χ0) is 12.1. The van der Waals surface area contributed by atoms with Crippen molar-refractivity contribution in [2.24, 2.45) is 0 Å². The third-order valence-corrected chi connectivity index (χ3v) is 2.62. The maximum Gasteiger partial charge on any atom is 0.124 e. The Morgan fingerprint density at radius 1 is 1.44 bits per heavy atom. The van der Waals surface area contributed by atoms with E-state index < -0.39 is 12.2 Å². The molecule has 4 N–H and O–H groups in total. The first kappa shape index (κ1) is 13.2. The van der Waals surface area contributed by atoms with Crippen LogP contribution in [-0.4, -0.2) is 29.2 Å². The van der Waals surface area contributed by atoms with Crippen LogP contribution in [-0.2, 0) is 0 Å². The molecule has 0 heterocycles. The molecule has 0 bridgehead atoms. The topological polar surface area (TPSA) is 75.7 Å². The van der Waals surface area contributed by atoms with Crippen molar-refractivity contribution in [3.05, 3.63) is 23.8 Å². The van der Waals surface area contributed by atoms with Gasteiger partial charge in [-0.25, -0.2) is 0 Å². The van der Waals surface area contributed by atoms with Crippen LogP contribution < -0.4 is 10.5 Å². The van der Waals surface area contributed by atoms with Crippen LogP contribution in [0.4, 0.5) is 5.69 Å². The highest BCUT2D eigenvalue weighted by Gasteiger charge is 2.21. The molecule has 1 aromatic rings. The largest absolute Gasteiger partial charge is 0.496 e. The van der Waals surface area contributed by atoms with Crippen LogP contribution in [0.2, 0.25) is 0 Å². The standard InChI is InChI=1S/C11H17NO3S/c1-15-10-3-2-7(12)6-8(10)11(14)9(13)4-5-16/h2-3,6,9,11,13-14,16H,4-5,12H2,1H3. The lowest BCUT2D eigenvalue weighted by Gasteiger charge is -2.20. The summed E-state index contributed by atoms with van der Waals surface area (Å²) in [5.74, 6) is 1.02. The van der Waals surface area contributed by atoms with E-state index in [0.717, 1.165) is 0 Å². The lowest BCUT2D eigenvalue weighted by atomic mass is 10.0. The number of benzene rings is 1. The van der Waals surface area contributed by atoms with Gasteiger partial charge in [0, 0.05) is 11.3 Å². The molecule has 90 valence electrons. The second kappa shape index (κ2) is 5.98. The number of nitrogens with two attached hydrogens (primary N) is 1. The summed E-state index contributed by atoms with van der Waals surface area (Å²) in [6.07, 6.45) is -1.47. The molecule has 0 spiro atoms. The molecule has 16 heavy (non-hydrogen) atoms. The van der Waals surface area contributed by atoms with Gasteiger partial charge in [0.2, 0.25) is 0 Å². The smallest absolute Gasteiger partial charge is 0.124 e. The van der Waals surface area contributed by atoms with Gasteiger partial charge in [-0.2, -0.15) is 12.6 Å². The summed E-state index contributed by atoms with van der Waals surface area (Å²) in [4.78, 5) is 0. The summed E-state index contributed by atoms with van der Waals surface area (Å²) in [5.41, 5.74) is 6.65. The van der Waals surface area contributed by atoms with Crippen molar-refractivity contribution in [2.45, 2.75) is 18.6 Å². The molecule has 2 atom stereocenters. The number of ether oxygens (including phenoxy) is 1. The number of anilines is 1. The van der Waals surface area contributed by atoms with Gasteiger partial charge >= 0.3 is 0 Å². The number of nitrogen functional groups attached to an aromatic ring is 1. The predicted molar refractivity (Wildman–Crippen MR) is 66.8 cm³/mol. The lowest BCUT2D eigenvalue weighted by molar-refractivity contribution is 0.0159. The summed E-state index contributed by atoms with van der Waals surface area (Å²) in [6, 6.07) is 4.95. The summed E-state index contributed by atoms with van der Waals surface area (Å²) in [5, 5.41) is 19.6. The van der Waals surface area contributed by atoms with Gasteiger partial charge in [-0.05, 0) is 30.4 Å². The van der Waals surface area contributed by atoms with Crippen molar-refractivity contribution >= 4 is 18.3 Å². The summed E-state index contributed by atoms with van der Waals surface area (Å²) in [6.45, 7) is 0. The number of thiol groups is 1. The van der Waals surface area contributed by atoms with Crippen LogP contribution in [0.25, 0.3) is 0 Å². The van der Waals surface area contributed by atoms with E-state index in [1.165, 1.54) is 7.11 Å². The first-order valence-electron chi connectivity index (χ1n) is 5.00. The quantitative estimate of drug-likeness (QED) is 0.459. The van der Waals surface area contributed by atoms with Gasteiger partial charge < -0.3 is 20.7 Å². The van der Waals surface area contributed by atoms with Crippen molar-refractivity contribution in [1.29, 1.82) is 0 Å². The maximum absolute atomic E-state index is 9.94. The minimum Gasteiger partial charge on any atom is -0.496 e. The Morgan fingerprint density at radius 3 is 2.69 bits per heavy atom. The minimum atomic E-state index is -1.01. The molecule has 1 aromatic carbocycles. The van der Waals surface area contributed by atoms with E-state index in [-0.39, 0.29) is 0 Å². The highest BCUT2D eigenvalue weighted by atomic mass is 32.1. The third-order valence-electron chi connectivity index (χ3n) is 2.36. The minimum absolute atomic E-state index is 0.405. The van der Waals surface area contributed by atoms with E-state index in [2.05, 4.69) is 12.6 Å². The number of hydrogen-bond acceptors (Lipinski definition) is 5. The van der Waals surface area contributed by atoms with Gasteiger partial charge in [-0.3, -0.25) is 0 Å². The van der Waals surface area contributed by atoms with E-state index >= 15 is 0 Å². The zero-order valence-corrected chi connectivity index (χ0v) is 10.0. The fourth-order valence-electron chi connectivity index (χ4n) is 1.48. The molecule has 0 amide bonds. The number of aliphatic hydroxyl groups excluding tert-OH is 2. The lowest BCUT2D eigenvalue weighted by Crippen LogP contribution is -2.19. The van der Waals surface area contributed by atoms with Crippen molar-refractivity contribution in [1.82, 2.24) is 0 Å². The normalized spacial score (nSPS) is 14.5. The second-order valence-electron chi connectivity index (χ2n) is 3.53. The van der Waals surface area contributed by atoms with Gasteiger partial charge in [-0.1, -0.05) is 0 Å². The fraction of sp³-hybridized carbons (Fsp3) is 0.455. The highest BCUT2D eigenvalue weighted by Crippen LogP contribution is 2.30. The second-order valence-corrected chi connectivity index (χ2v) is 3.97. The first-order valence-corrected chi connectivity index (χ1v) is 5.63. The molecule has 0 saturated carbocycles. The molecular weight excluding hydrogens is 226 g/mol. The molecule has 5 heteroatoms. The Kier molecular flexibility index (Phi) is 4.92.